The van der Waals surface area contributed by atoms with E-state index in [2.05, 4.69) is 10.1 Å². The van der Waals surface area contributed by atoms with E-state index in [1.54, 1.807) is 6.07 Å². The van der Waals surface area contributed by atoms with Crippen molar-refractivity contribution >= 4 is 20.6 Å². The Bertz CT molecular complexity index is 1550. The molecule has 170 valence electrons. The molecule has 0 saturated heterocycles. The number of aromatic nitrogens is 3. The Balaban J connectivity index is 1.98. The summed E-state index contributed by atoms with van der Waals surface area (Å²) >= 11 is 0. The smallest absolute Gasteiger partial charge is 0.267 e. The van der Waals surface area contributed by atoms with Crippen LogP contribution in [0.25, 0.3) is 27.7 Å². The van der Waals surface area contributed by atoms with Gasteiger partial charge in [0.15, 0.2) is 15.7 Å². The van der Waals surface area contributed by atoms with Crippen LogP contribution < -0.4 is 5.56 Å². The zero-order valence-corrected chi connectivity index (χ0v) is 17.8. The normalized spacial score (nSPS) is 12.3. The van der Waals surface area contributed by atoms with E-state index >= 15 is 0 Å². The van der Waals surface area contributed by atoms with E-state index in [0.29, 0.717) is 16.3 Å². The van der Waals surface area contributed by atoms with Crippen molar-refractivity contribution in [2.45, 2.75) is 18.0 Å². The molecule has 0 unspecified atom stereocenters. The van der Waals surface area contributed by atoms with E-state index in [9.17, 15) is 30.8 Å². The summed E-state index contributed by atoms with van der Waals surface area (Å²) in [4.78, 5) is 16.8. The van der Waals surface area contributed by atoms with Crippen molar-refractivity contribution in [3.63, 3.8) is 0 Å². The van der Waals surface area contributed by atoms with Gasteiger partial charge in [-0.05, 0) is 35.9 Å². The monoisotopic (exact) mass is 477 g/mol. The second kappa shape index (κ2) is 8.07. The molecule has 0 radical (unpaired) electrons. The first kappa shape index (κ1) is 22.6. The number of fused-ring (bicyclic) bond motifs is 1. The van der Waals surface area contributed by atoms with Crippen molar-refractivity contribution in [2.75, 3.05) is 5.75 Å². The van der Waals surface area contributed by atoms with Crippen LogP contribution >= 0.6 is 0 Å². The lowest BCUT2D eigenvalue weighted by molar-refractivity contribution is -0.137. The number of sulfone groups is 1. The zero-order chi connectivity index (χ0) is 24.0. The second-order valence-corrected chi connectivity index (χ2v) is 9.37. The van der Waals surface area contributed by atoms with Crippen LogP contribution in [0.15, 0.2) is 70.6 Å². The number of hydrogen-bond donors (Lipinski definition) is 0. The Morgan fingerprint density at radius 1 is 1.00 bits per heavy atom. The zero-order valence-electron chi connectivity index (χ0n) is 17.0. The Labute approximate surface area is 185 Å². The van der Waals surface area contributed by atoms with Crippen LogP contribution in [0.5, 0.6) is 0 Å². The largest absolute Gasteiger partial charge is 0.416 e. The minimum Gasteiger partial charge on any atom is -0.267 e. The predicted molar refractivity (Wildman–Crippen MR) is 113 cm³/mol. The van der Waals surface area contributed by atoms with Crippen molar-refractivity contribution in [2.24, 2.45) is 0 Å². The van der Waals surface area contributed by atoms with Crippen LogP contribution in [0.4, 0.5) is 17.6 Å². The molecule has 0 aliphatic heterocycles. The molecule has 11 heteroatoms. The first-order valence-electron chi connectivity index (χ1n) is 9.59. The summed E-state index contributed by atoms with van der Waals surface area (Å²) in [5, 5.41) is 3.79. The van der Waals surface area contributed by atoms with Crippen molar-refractivity contribution in [3.05, 3.63) is 82.7 Å². The summed E-state index contributed by atoms with van der Waals surface area (Å²) in [6.07, 6.45) is -2.28. The van der Waals surface area contributed by atoms with Crippen molar-refractivity contribution < 1.29 is 26.0 Å². The molecule has 4 rings (SSSR count). The molecule has 0 aliphatic carbocycles. The van der Waals surface area contributed by atoms with Crippen LogP contribution in [0.2, 0.25) is 0 Å². The van der Waals surface area contributed by atoms with Gasteiger partial charge in [0.2, 0.25) is 0 Å². The van der Waals surface area contributed by atoms with Crippen LogP contribution in [0, 0.1) is 5.82 Å². The first-order chi connectivity index (χ1) is 15.5. The fraction of sp³-hybridized carbons (Fsp3) is 0.136. The number of halogens is 4. The lowest BCUT2D eigenvalue weighted by atomic mass is 10.1. The quantitative estimate of drug-likeness (QED) is 0.407. The van der Waals surface area contributed by atoms with Gasteiger partial charge in [-0.2, -0.15) is 23.0 Å². The number of pyridine rings is 1. The van der Waals surface area contributed by atoms with Gasteiger partial charge in [0.25, 0.3) is 5.56 Å². The summed E-state index contributed by atoms with van der Waals surface area (Å²) in [6.45, 7) is 1.39. The van der Waals surface area contributed by atoms with Gasteiger partial charge in [0.1, 0.15) is 10.7 Å². The predicted octanol–water partition coefficient (Wildman–Crippen LogP) is 4.40. The highest BCUT2D eigenvalue weighted by Crippen LogP contribution is 2.31. The Hall–Kier alpha value is -3.60. The number of nitrogens with zero attached hydrogens (tertiary/aromatic N) is 3. The highest BCUT2D eigenvalue weighted by Gasteiger charge is 2.31. The third-order valence-corrected chi connectivity index (χ3v) is 6.75. The molecule has 4 aromatic rings. The molecule has 2 heterocycles. The molecule has 0 saturated carbocycles. The van der Waals surface area contributed by atoms with Crippen LogP contribution in [-0.2, 0) is 16.0 Å². The van der Waals surface area contributed by atoms with E-state index in [-0.39, 0.29) is 32.8 Å². The van der Waals surface area contributed by atoms with Crippen LogP contribution in [0.1, 0.15) is 12.5 Å². The average Bonchev–Trinajstić information content (AvgIpc) is 2.78. The first-order valence-corrected chi connectivity index (χ1v) is 11.2. The van der Waals surface area contributed by atoms with Gasteiger partial charge in [-0.3, -0.25) is 4.79 Å². The Kier molecular flexibility index (Phi) is 5.52. The third kappa shape index (κ3) is 4.23. The van der Waals surface area contributed by atoms with Crippen LogP contribution in [-0.4, -0.2) is 28.9 Å². The van der Waals surface area contributed by atoms with Crippen LogP contribution in [0.3, 0.4) is 0 Å². The molecule has 0 spiro atoms. The summed E-state index contributed by atoms with van der Waals surface area (Å²) in [5.74, 6) is -1.24. The van der Waals surface area contributed by atoms with Gasteiger partial charge in [-0.25, -0.2) is 17.8 Å². The lowest BCUT2D eigenvalue weighted by Crippen LogP contribution is -2.25. The molecule has 0 amide bonds. The summed E-state index contributed by atoms with van der Waals surface area (Å²) < 4.78 is 79.3. The van der Waals surface area contributed by atoms with Gasteiger partial charge in [0, 0.05) is 17.1 Å². The number of alkyl halides is 3. The topological polar surface area (TPSA) is 81.9 Å². The maximum absolute atomic E-state index is 13.6. The maximum atomic E-state index is 13.6. The second-order valence-electron chi connectivity index (χ2n) is 7.12. The van der Waals surface area contributed by atoms with Gasteiger partial charge in [0.05, 0.1) is 22.9 Å². The summed E-state index contributed by atoms with van der Waals surface area (Å²) in [6, 6.07) is 9.28. The van der Waals surface area contributed by atoms with E-state index in [1.165, 1.54) is 37.4 Å². The molecular formula is C22H15F4N3O3S. The van der Waals surface area contributed by atoms with E-state index in [4.69, 9.17) is 0 Å². The number of rotatable bonds is 4. The highest BCUT2D eigenvalue weighted by atomic mass is 32.2. The summed E-state index contributed by atoms with van der Waals surface area (Å²) in [5.41, 5.74) is -1.36. The number of benzene rings is 2. The number of hydrogen-bond acceptors (Lipinski definition) is 5. The summed E-state index contributed by atoms with van der Waals surface area (Å²) in [7, 11) is -3.96. The fourth-order valence-electron chi connectivity index (χ4n) is 3.27. The van der Waals surface area contributed by atoms with Gasteiger partial charge < -0.3 is 0 Å². The molecule has 2 aromatic heterocycles. The van der Waals surface area contributed by atoms with E-state index in [0.717, 1.165) is 18.3 Å². The molecule has 0 aliphatic rings. The standard InChI is InChI=1S/C22H15F4N3O3S/c1-2-33(31,32)19-9-15(13-4-3-5-17(23)8-13)11-27-20(19)29-21(30)18-10-16(22(24,25)26)7-6-14(18)12-28-29/h3-12H,2H2,1H3. The van der Waals surface area contributed by atoms with E-state index in [1.807, 2.05) is 0 Å². The molecule has 2 aromatic carbocycles. The molecule has 33 heavy (non-hydrogen) atoms. The SMILES string of the molecule is CCS(=O)(=O)c1cc(-c2cccc(F)c2)cnc1-n1ncc2ccc(C(F)(F)F)cc2c1=O. The lowest BCUT2D eigenvalue weighted by Gasteiger charge is -2.13. The molecule has 0 N–H and O–H groups in total. The van der Waals surface area contributed by atoms with E-state index < -0.39 is 33.0 Å². The molecule has 0 bridgehead atoms. The molecule has 0 atom stereocenters. The van der Waals surface area contributed by atoms with Crippen molar-refractivity contribution in [1.82, 2.24) is 14.8 Å². The third-order valence-electron chi connectivity index (χ3n) is 5.02. The minimum absolute atomic E-state index is 0.153. The fourth-order valence-corrected chi connectivity index (χ4v) is 4.31. The Morgan fingerprint density at radius 3 is 2.42 bits per heavy atom. The molecule has 6 nitrogen and oxygen atoms in total. The maximum Gasteiger partial charge on any atom is 0.416 e. The van der Waals surface area contributed by atoms with Crippen molar-refractivity contribution in [3.8, 4) is 16.9 Å². The Morgan fingerprint density at radius 2 is 1.76 bits per heavy atom. The molecular weight excluding hydrogens is 462 g/mol. The van der Waals surface area contributed by atoms with Gasteiger partial charge >= 0.3 is 6.18 Å². The highest BCUT2D eigenvalue weighted by molar-refractivity contribution is 7.91. The average molecular weight is 477 g/mol. The minimum atomic E-state index is -4.67. The molecule has 0 fully saturated rings. The van der Waals surface area contributed by atoms with Gasteiger partial charge in [-0.15, -0.1) is 0 Å². The van der Waals surface area contributed by atoms with Gasteiger partial charge in [-0.1, -0.05) is 25.1 Å². The van der Waals surface area contributed by atoms with Crippen molar-refractivity contribution in [1.29, 1.82) is 0 Å².